The van der Waals surface area contributed by atoms with E-state index in [-0.39, 0.29) is 5.97 Å². The zero-order valence-electron chi connectivity index (χ0n) is 7.29. The first kappa shape index (κ1) is 9.99. The van der Waals surface area contributed by atoms with E-state index in [1.807, 2.05) is 6.92 Å². The Hall–Kier alpha value is -1.09. The maximum Gasteiger partial charge on any atom is 0.339 e. The van der Waals surface area contributed by atoms with Crippen LogP contribution in [-0.4, -0.2) is 17.6 Å². The zero-order valence-corrected chi connectivity index (χ0v) is 8.04. The summed E-state index contributed by atoms with van der Waals surface area (Å²) in [4.78, 5) is 15.0. The highest BCUT2D eigenvalue weighted by atomic mass is 35.5. The normalized spacial score (nSPS) is 9.69. The van der Waals surface area contributed by atoms with E-state index in [0.717, 1.165) is 6.42 Å². The van der Waals surface area contributed by atoms with Gasteiger partial charge in [0.25, 0.3) is 0 Å². The molecule has 0 spiro atoms. The Labute approximate surface area is 81.7 Å². The van der Waals surface area contributed by atoms with Crippen molar-refractivity contribution in [2.75, 3.05) is 6.61 Å². The lowest BCUT2D eigenvalue weighted by atomic mass is 10.3. The van der Waals surface area contributed by atoms with Crippen molar-refractivity contribution in [1.82, 2.24) is 4.98 Å². The molecule has 4 heteroatoms. The van der Waals surface area contributed by atoms with Crippen LogP contribution >= 0.6 is 11.6 Å². The Kier molecular flexibility index (Phi) is 3.71. The minimum atomic E-state index is -0.356. The fraction of sp³-hybridized carbons (Fsp3) is 0.333. The number of hydrogen-bond donors (Lipinski definition) is 0. The molecule has 0 saturated carbocycles. The van der Waals surface area contributed by atoms with Crippen LogP contribution in [-0.2, 0) is 4.74 Å². The molecular formula is C9H10ClNO2. The average molecular weight is 200 g/mol. The highest BCUT2D eigenvalue weighted by Gasteiger charge is 2.05. The summed E-state index contributed by atoms with van der Waals surface area (Å²) >= 11 is 5.56. The molecule has 1 rings (SSSR count). The Bertz CT molecular complexity index is 284. The standard InChI is InChI=1S/C9H10ClNO2/c1-2-5-13-9(12)7-3-4-8(10)11-6-7/h3-4,6H,2,5H2,1H3. The summed E-state index contributed by atoms with van der Waals surface area (Å²) in [6, 6.07) is 3.15. The lowest BCUT2D eigenvalue weighted by Gasteiger charge is -2.01. The van der Waals surface area contributed by atoms with Gasteiger partial charge in [-0.15, -0.1) is 0 Å². The summed E-state index contributed by atoms with van der Waals surface area (Å²) in [5, 5.41) is 0.368. The number of nitrogens with zero attached hydrogens (tertiary/aromatic N) is 1. The van der Waals surface area contributed by atoms with Gasteiger partial charge in [0.05, 0.1) is 12.2 Å². The molecule has 0 aliphatic carbocycles. The van der Waals surface area contributed by atoms with Gasteiger partial charge in [-0.05, 0) is 18.6 Å². The molecule has 0 aromatic carbocycles. The first-order valence-electron chi connectivity index (χ1n) is 4.02. The van der Waals surface area contributed by atoms with Gasteiger partial charge < -0.3 is 4.74 Å². The van der Waals surface area contributed by atoms with E-state index < -0.39 is 0 Å². The van der Waals surface area contributed by atoms with Gasteiger partial charge >= 0.3 is 5.97 Å². The Morgan fingerprint density at radius 3 is 2.92 bits per heavy atom. The van der Waals surface area contributed by atoms with Crippen LogP contribution in [0.5, 0.6) is 0 Å². The number of halogens is 1. The van der Waals surface area contributed by atoms with Crippen molar-refractivity contribution < 1.29 is 9.53 Å². The van der Waals surface area contributed by atoms with E-state index in [1.165, 1.54) is 6.20 Å². The van der Waals surface area contributed by atoms with Crippen LogP contribution in [0, 0.1) is 0 Å². The predicted molar refractivity (Wildman–Crippen MR) is 49.8 cm³/mol. The second kappa shape index (κ2) is 4.82. The van der Waals surface area contributed by atoms with E-state index >= 15 is 0 Å². The highest BCUT2D eigenvalue weighted by molar-refractivity contribution is 6.29. The molecule has 70 valence electrons. The van der Waals surface area contributed by atoms with Gasteiger partial charge in [-0.1, -0.05) is 18.5 Å². The van der Waals surface area contributed by atoms with E-state index in [9.17, 15) is 4.79 Å². The lowest BCUT2D eigenvalue weighted by Crippen LogP contribution is -2.05. The Balaban J connectivity index is 2.61. The number of carbonyl (C=O) groups excluding carboxylic acids is 1. The van der Waals surface area contributed by atoms with Gasteiger partial charge in [0, 0.05) is 6.20 Å². The van der Waals surface area contributed by atoms with Crippen molar-refractivity contribution >= 4 is 17.6 Å². The molecule has 0 unspecified atom stereocenters. The molecule has 0 saturated heterocycles. The van der Waals surface area contributed by atoms with Crippen LogP contribution in [0.15, 0.2) is 18.3 Å². The molecule has 0 radical (unpaired) electrons. The van der Waals surface area contributed by atoms with Crippen molar-refractivity contribution in [1.29, 1.82) is 0 Å². The van der Waals surface area contributed by atoms with Gasteiger partial charge in [-0.25, -0.2) is 9.78 Å². The third kappa shape index (κ3) is 3.03. The minimum absolute atomic E-state index is 0.356. The number of rotatable bonds is 3. The first-order valence-corrected chi connectivity index (χ1v) is 4.40. The summed E-state index contributed by atoms with van der Waals surface area (Å²) in [5.74, 6) is -0.356. The molecule has 0 fully saturated rings. The quantitative estimate of drug-likeness (QED) is 0.554. The number of carbonyl (C=O) groups is 1. The molecular weight excluding hydrogens is 190 g/mol. The SMILES string of the molecule is CCCOC(=O)c1ccc(Cl)nc1. The monoisotopic (exact) mass is 199 g/mol. The molecule has 0 atom stereocenters. The molecule has 0 amide bonds. The van der Waals surface area contributed by atoms with E-state index in [4.69, 9.17) is 16.3 Å². The number of ether oxygens (including phenoxy) is 1. The number of esters is 1. The molecule has 0 bridgehead atoms. The maximum absolute atomic E-state index is 11.2. The van der Waals surface area contributed by atoms with Crippen molar-refractivity contribution in [3.8, 4) is 0 Å². The van der Waals surface area contributed by atoms with Gasteiger partial charge in [0.2, 0.25) is 0 Å². The number of pyridine rings is 1. The van der Waals surface area contributed by atoms with E-state index in [2.05, 4.69) is 4.98 Å². The summed E-state index contributed by atoms with van der Waals surface area (Å²) < 4.78 is 4.90. The smallest absolute Gasteiger partial charge is 0.339 e. The van der Waals surface area contributed by atoms with Gasteiger partial charge in [0.1, 0.15) is 5.15 Å². The van der Waals surface area contributed by atoms with Crippen molar-refractivity contribution in [3.05, 3.63) is 29.0 Å². The Morgan fingerprint density at radius 2 is 2.38 bits per heavy atom. The minimum Gasteiger partial charge on any atom is -0.462 e. The van der Waals surface area contributed by atoms with Gasteiger partial charge in [0.15, 0.2) is 0 Å². The predicted octanol–water partition coefficient (Wildman–Crippen LogP) is 2.30. The molecule has 0 aliphatic heterocycles. The fourth-order valence-electron chi connectivity index (χ4n) is 0.775. The van der Waals surface area contributed by atoms with Crippen molar-refractivity contribution in [2.24, 2.45) is 0 Å². The van der Waals surface area contributed by atoms with Crippen molar-refractivity contribution in [3.63, 3.8) is 0 Å². The topological polar surface area (TPSA) is 39.2 Å². The molecule has 1 aromatic rings. The van der Waals surface area contributed by atoms with Crippen LogP contribution < -0.4 is 0 Å². The molecule has 13 heavy (non-hydrogen) atoms. The zero-order chi connectivity index (χ0) is 9.68. The lowest BCUT2D eigenvalue weighted by molar-refractivity contribution is 0.0504. The van der Waals surface area contributed by atoms with Crippen LogP contribution in [0.25, 0.3) is 0 Å². The summed E-state index contributed by atoms with van der Waals surface area (Å²) in [7, 11) is 0. The molecule has 0 N–H and O–H groups in total. The van der Waals surface area contributed by atoms with Crippen LogP contribution in [0.3, 0.4) is 0 Å². The number of hydrogen-bond acceptors (Lipinski definition) is 3. The van der Waals surface area contributed by atoms with Crippen LogP contribution in [0.1, 0.15) is 23.7 Å². The van der Waals surface area contributed by atoms with Gasteiger partial charge in [-0.3, -0.25) is 0 Å². The first-order chi connectivity index (χ1) is 6.24. The summed E-state index contributed by atoms with van der Waals surface area (Å²) in [6.07, 6.45) is 2.22. The highest BCUT2D eigenvalue weighted by Crippen LogP contribution is 2.06. The average Bonchev–Trinajstić information content (AvgIpc) is 2.15. The molecule has 0 aliphatic rings. The second-order valence-corrected chi connectivity index (χ2v) is 2.89. The van der Waals surface area contributed by atoms with E-state index in [0.29, 0.717) is 17.3 Å². The summed E-state index contributed by atoms with van der Waals surface area (Å²) in [5.41, 5.74) is 0.429. The van der Waals surface area contributed by atoms with Crippen LogP contribution in [0.4, 0.5) is 0 Å². The third-order valence-corrected chi connectivity index (χ3v) is 1.62. The molecule has 1 heterocycles. The fourth-order valence-corrected chi connectivity index (χ4v) is 0.886. The largest absolute Gasteiger partial charge is 0.462 e. The molecule has 3 nitrogen and oxygen atoms in total. The van der Waals surface area contributed by atoms with E-state index in [1.54, 1.807) is 12.1 Å². The number of aromatic nitrogens is 1. The summed E-state index contributed by atoms with van der Waals surface area (Å²) in [6.45, 7) is 2.37. The second-order valence-electron chi connectivity index (χ2n) is 2.51. The third-order valence-electron chi connectivity index (χ3n) is 1.40. The molecule has 1 aromatic heterocycles. The Morgan fingerprint density at radius 1 is 1.62 bits per heavy atom. The van der Waals surface area contributed by atoms with Crippen LogP contribution in [0.2, 0.25) is 5.15 Å². The maximum atomic E-state index is 11.2. The van der Waals surface area contributed by atoms with Gasteiger partial charge in [-0.2, -0.15) is 0 Å². The van der Waals surface area contributed by atoms with Crippen molar-refractivity contribution in [2.45, 2.75) is 13.3 Å².